The van der Waals surface area contributed by atoms with Crippen LogP contribution < -0.4 is 5.69 Å². The first-order valence-electron chi connectivity index (χ1n) is 5.73. The highest BCUT2D eigenvalue weighted by Crippen LogP contribution is 2.24. The van der Waals surface area contributed by atoms with Crippen molar-refractivity contribution >= 4 is 27.0 Å². The lowest BCUT2D eigenvalue weighted by Gasteiger charge is -2.23. The van der Waals surface area contributed by atoms with Crippen LogP contribution in [0.5, 0.6) is 0 Å². The molecule has 90 valence electrons. The standard InChI is InChI=1S/C12H13BrN2O2/c13-8-3-4-11-10(6-8)14-12(16)15(11)9-2-1-5-17-7-9/h3-4,6,9H,1-2,5,7H2,(H,14,16). The Hall–Kier alpha value is -1.07. The number of fused-ring (bicyclic) bond motifs is 1. The average Bonchev–Trinajstić information content (AvgIpc) is 2.65. The van der Waals surface area contributed by atoms with Crippen LogP contribution in [0.4, 0.5) is 0 Å². The number of nitrogens with one attached hydrogen (secondary N) is 1. The van der Waals surface area contributed by atoms with E-state index in [0.29, 0.717) is 6.61 Å². The number of ether oxygens (including phenoxy) is 1. The van der Waals surface area contributed by atoms with Gasteiger partial charge >= 0.3 is 5.69 Å². The van der Waals surface area contributed by atoms with E-state index in [0.717, 1.165) is 35.0 Å². The summed E-state index contributed by atoms with van der Waals surface area (Å²) in [4.78, 5) is 14.9. The Kier molecular flexibility index (Phi) is 2.80. The summed E-state index contributed by atoms with van der Waals surface area (Å²) in [7, 11) is 0. The molecule has 0 saturated carbocycles. The molecule has 3 rings (SSSR count). The zero-order valence-corrected chi connectivity index (χ0v) is 10.9. The first-order chi connectivity index (χ1) is 8.25. The molecule has 1 saturated heterocycles. The van der Waals surface area contributed by atoms with Crippen molar-refractivity contribution < 1.29 is 4.74 Å². The van der Waals surface area contributed by atoms with Crippen molar-refractivity contribution in [3.8, 4) is 0 Å². The van der Waals surface area contributed by atoms with E-state index in [1.165, 1.54) is 0 Å². The molecular weight excluding hydrogens is 284 g/mol. The third-order valence-electron chi connectivity index (χ3n) is 3.18. The Bertz CT molecular complexity index is 596. The molecule has 1 atom stereocenters. The van der Waals surface area contributed by atoms with Gasteiger partial charge in [0.25, 0.3) is 0 Å². The molecule has 0 aliphatic carbocycles. The SMILES string of the molecule is O=c1[nH]c2cc(Br)ccc2n1C1CCCOC1. The molecule has 1 unspecified atom stereocenters. The molecule has 0 radical (unpaired) electrons. The van der Waals surface area contributed by atoms with Crippen LogP contribution in [0, 0.1) is 0 Å². The lowest BCUT2D eigenvalue weighted by atomic mass is 10.1. The highest BCUT2D eigenvalue weighted by Gasteiger charge is 2.20. The Balaban J connectivity index is 2.14. The van der Waals surface area contributed by atoms with Crippen LogP contribution in [-0.2, 0) is 4.74 Å². The van der Waals surface area contributed by atoms with E-state index in [-0.39, 0.29) is 11.7 Å². The minimum absolute atomic E-state index is 0.0476. The number of hydrogen-bond donors (Lipinski definition) is 1. The van der Waals surface area contributed by atoms with Crippen LogP contribution in [0.2, 0.25) is 0 Å². The van der Waals surface area contributed by atoms with Crippen LogP contribution in [0.3, 0.4) is 0 Å². The first kappa shape index (κ1) is 11.0. The zero-order chi connectivity index (χ0) is 11.8. The maximum absolute atomic E-state index is 12.0. The van der Waals surface area contributed by atoms with E-state index >= 15 is 0 Å². The monoisotopic (exact) mass is 296 g/mol. The third-order valence-corrected chi connectivity index (χ3v) is 3.67. The van der Waals surface area contributed by atoms with Gasteiger partial charge in [0, 0.05) is 11.1 Å². The number of H-pyrrole nitrogens is 1. The van der Waals surface area contributed by atoms with Crippen LogP contribution in [0.15, 0.2) is 27.5 Å². The summed E-state index contributed by atoms with van der Waals surface area (Å²) in [6.45, 7) is 1.43. The quantitative estimate of drug-likeness (QED) is 0.879. The molecule has 1 aliphatic heterocycles. The molecule has 17 heavy (non-hydrogen) atoms. The molecule has 0 spiro atoms. The van der Waals surface area contributed by atoms with Crippen LogP contribution in [0.1, 0.15) is 18.9 Å². The van der Waals surface area contributed by atoms with Gasteiger partial charge in [0.05, 0.1) is 23.7 Å². The second kappa shape index (κ2) is 4.31. The highest BCUT2D eigenvalue weighted by molar-refractivity contribution is 9.10. The van der Waals surface area contributed by atoms with Gasteiger partial charge in [-0.05, 0) is 31.0 Å². The molecule has 1 aliphatic rings. The Morgan fingerprint density at radius 2 is 2.35 bits per heavy atom. The number of rotatable bonds is 1. The molecule has 0 bridgehead atoms. The number of benzene rings is 1. The summed E-state index contributed by atoms with van der Waals surface area (Å²) < 4.78 is 8.24. The molecule has 2 aromatic rings. The van der Waals surface area contributed by atoms with Gasteiger partial charge in [0.2, 0.25) is 0 Å². The number of hydrogen-bond acceptors (Lipinski definition) is 2. The smallest absolute Gasteiger partial charge is 0.326 e. The number of halogens is 1. The van der Waals surface area contributed by atoms with Crippen molar-refractivity contribution in [1.29, 1.82) is 0 Å². The molecule has 1 N–H and O–H groups in total. The zero-order valence-electron chi connectivity index (χ0n) is 9.28. The van der Waals surface area contributed by atoms with E-state index in [9.17, 15) is 4.79 Å². The van der Waals surface area contributed by atoms with Gasteiger partial charge in [-0.15, -0.1) is 0 Å². The van der Waals surface area contributed by atoms with E-state index in [1.54, 1.807) is 0 Å². The summed E-state index contributed by atoms with van der Waals surface area (Å²) in [5.41, 5.74) is 1.78. The summed E-state index contributed by atoms with van der Waals surface area (Å²) in [6, 6.07) is 6.00. The molecule has 2 heterocycles. The van der Waals surface area contributed by atoms with Gasteiger partial charge < -0.3 is 9.72 Å². The van der Waals surface area contributed by atoms with Gasteiger partial charge in [-0.25, -0.2) is 4.79 Å². The largest absolute Gasteiger partial charge is 0.379 e. The fourth-order valence-corrected chi connectivity index (χ4v) is 2.75. The molecule has 1 fully saturated rings. The van der Waals surface area contributed by atoms with E-state index in [2.05, 4.69) is 20.9 Å². The molecule has 0 amide bonds. The van der Waals surface area contributed by atoms with Crippen molar-refractivity contribution in [2.75, 3.05) is 13.2 Å². The maximum atomic E-state index is 12.0. The summed E-state index contributed by atoms with van der Waals surface area (Å²) in [5.74, 6) is 0. The fraction of sp³-hybridized carbons (Fsp3) is 0.417. The molecule has 5 heteroatoms. The van der Waals surface area contributed by atoms with Crippen molar-refractivity contribution in [3.05, 3.63) is 33.2 Å². The number of aromatic amines is 1. The average molecular weight is 297 g/mol. The Morgan fingerprint density at radius 1 is 1.47 bits per heavy atom. The van der Waals surface area contributed by atoms with Crippen molar-refractivity contribution in [3.63, 3.8) is 0 Å². The minimum Gasteiger partial charge on any atom is -0.379 e. The van der Waals surface area contributed by atoms with Gasteiger partial charge in [-0.2, -0.15) is 0 Å². The normalized spacial score (nSPS) is 20.9. The molecule has 1 aromatic carbocycles. The Morgan fingerprint density at radius 3 is 3.12 bits per heavy atom. The number of nitrogens with zero attached hydrogens (tertiary/aromatic N) is 1. The van der Waals surface area contributed by atoms with Gasteiger partial charge in [0.15, 0.2) is 0 Å². The molecular formula is C12H13BrN2O2. The fourth-order valence-electron chi connectivity index (χ4n) is 2.39. The minimum atomic E-state index is -0.0476. The predicted octanol–water partition coefficient (Wildman–Crippen LogP) is 2.44. The van der Waals surface area contributed by atoms with Crippen molar-refractivity contribution in [2.24, 2.45) is 0 Å². The molecule has 1 aromatic heterocycles. The number of imidazole rings is 1. The summed E-state index contributed by atoms with van der Waals surface area (Å²) in [5, 5.41) is 0. The predicted molar refractivity (Wildman–Crippen MR) is 69.3 cm³/mol. The van der Waals surface area contributed by atoms with Crippen LogP contribution in [0.25, 0.3) is 11.0 Å². The van der Waals surface area contributed by atoms with Gasteiger partial charge in [-0.3, -0.25) is 4.57 Å². The lowest BCUT2D eigenvalue weighted by molar-refractivity contribution is 0.0595. The lowest BCUT2D eigenvalue weighted by Crippen LogP contribution is -2.28. The first-order valence-corrected chi connectivity index (χ1v) is 6.52. The summed E-state index contributed by atoms with van der Waals surface area (Å²) in [6.07, 6.45) is 2.02. The van der Waals surface area contributed by atoms with Gasteiger partial charge in [-0.1, -0.05) is 15.9 Å². The topological polar surface area (TPSA) is 47.0 Å². The van der Waals surface area contributed by atoms with Crippen LogP contribution >= 0.6 is 15.9 Å². The second-order valence-corrected chi connectivity index (χ2v) is 5.25. The van der Waals surface area contributed by atoms with Crippen molar-refractivity contribution in [2.45, 2.75) is 18.9 Å². The third kappa shape index (κ3) is 1.93. The maximum Gasteiger partial charge on any atom is 0.326 e. The highest BCUT2D eigenvalue weighted by atomic mass is 79.9. The van der Waals surface area contributed by atoms with Crippen molar-refractivity contribution in [1.82, 2.24) is 9.55 Å². The van der Waals surface area contributed by atoms with E-state index in [1.807, 2.05) is 22.8 Å². The Labute approximate surface area is 107 Å². The second-order valence-electron chi connectivity index (χ2n) is 4.33. The van der Waals surface area contributed by atoms with E-state index in [4.69, 9.17) is 4.74 Å². The summed E-state index contributed by atoms with van der Waals surface area (Å²) >= 11 is 3.41. The van der Waals surface area contributed by atoms with Crippen LogP contribution in [-0.4, -0.2) is 22.8 Å². The number of aromatic nitrogens is 2. The van der Waals surface area contributed by atoms with E-state index < -0.39 is 0 Å². The molecule has 4 nitrogen and oxygen atoms in total. The van der Waals surface area contributed by atoms with Gasteiger partial charge in [0.1, 0.15) is 0 Å².